The number of hydrogen-bond acceptors (Lipinski definition) is 7. The highest BCUT2D eigenvalue weighted by Crippen LogP contribution is 2.38. The molecule has 3 unspecified atom stereocenters. The Bertz CT molecular complexity index is 1650. The van der Waals surface area contributed by atoms with Crippen LogP contribution in [0.3, 0.4) is 0 Å². The highest BCUT2D eigenvalue weighted by Gasteiger charge is 2.27. The molecule has 0 heterocycles. The lowest BCUT2D eigenvalue weighted by Crippen LogP contribution is -2.47. The molecule has 0 radical (unpaired) electrons. The summed E-state index contributed by atoms with van der Waals surface area (Å²) in [6.45, 7) is 6.81. The number of rotatable bonds is 64. The van der Waals surface area contributed by atoms with Crippen LogP contribution in [0.5, 0.6) is 0 Å². The van der Waals surface area contributed by atoms with E-state index in [-0.39, 0.29) is 18.9 Å². The second-order valence-corrected chi connectivity index (χ2v) is 26.4. The zero-order valence-electron chi connectivity index (χ0n) is 55.4. The zero-order valence-corrected chi connectivity index (χ0v) is 56.3. The van der Waals surface area contributed by atoms with E-state index in [0.717, 1.165) is 64.2 Å². The molecule has 0 aliphatic rings. The van der Waals surface area contributed by atoms with Crippen molar-refractivity contribution in [3.8, 4) is 0 Å². The van der Waals surface area contributed by atoms with Gasteiger partial charge in [-0.25, -0.2) is 0 Å². The SMILES string of the molecule is CCCCC/C=C\C/C=C\C/C=C\C/C=C\CCCC(=O)OC(/C=C\CCCCCCCCCCCCC)C(COP(=O)([O-])OCC[N+](C)(C)C)NC(=O)CCCCCCCCCCCCCCCCCCC/C=C/CCCCCCCC. The van der Waals surface area contributed by atoms with Gasteiger partial charge in [0.25, 0.3) is 7.82 Å². The summed E-state index contributed by atoms with van der Waals surface area (Å²) in [6.07, 6.45) is 81.8. The third-order valence-corrected chi connectivity index (χ3v) is 16.6. The maximum atomic E-state index is 13.6. The summed E-state index contributed by atoms with van der Waals surface area (Å²) in [6, 6.07) is -0.912. The molecule has 0 saturated heterocycles. The molecule has 0 aromatic rings. The number of esters is 1. The van der Waals surface area contributed by atoms with Gasteiger partial charge in [-0.15, -0.1) is 0 Å². The fourth-order valence-electron chi connectivity index (χ4n) is 10.2. The number of likely N-dealkylation sites (N-methyl/N-ethyl adjacent to an activating group) is 1. The minimum Gasteiger partial charge on any atom is -0.756 e. The van der Waals surface area contributed by atoms with Crippen LogP contribution in [-0.2, 0) is 27.9 Å². The summed E-state index contributed by atoms with van der Waals surface area (Å²) < 4.78 is 30.4. The summed E-state index contributed by atoms with van der Waals surface area (Å²) in [5, 5.41) is 3.03. The summed E-state index contributed by atoms with van der Waals surface area (Å²) in [5.74, 6) is -0.596. The van der Waals surface area contributed by atoms with Gasteiger partial charge in [-0.05, 0) is 96.0 Å². The van der Waals surface area contributed by atoms with Crippen molar-refractivity contribution in [2.45, 2.75) is 341 Å². The van der Waals surface area contributed by atoms with Gasteiger partial charge in [0, 0.05) is 12.8 Å². The molecule has 83 heavy (non-hydrogen) atoms. The third kappa shape index (κ3) is 63.8. The molecule has 0 aromatic heterocycles. The Morgan fingerprint density at radius 1 is 0.422 bits per heavy atom. The number of phosphoric acid groups is 1. The number of carbonyl (C=O) groups excluding carboxylic acids is 2. The molecule has 484 valence electrons. The van der Waals surface area contributed by atoms with Crippen molar-refractivity contribution in [1.29, 1.82) is 0 Å². The lowest BCUT2D eigenvalue weighted by Gasteiger charge is -2.30. The van der Waals surface area contributed by atoms with Crippen LogP contribution in [0.25, 0.3) is 0 Å². The lowest BCUT2D eigenvalue weighted by atomic mass is 10.0. The molecule has 0 fully saturated rings. The molecule has 0 rings (SSSR count). The number of nitrogens with one attached hydrogen (secondary N) is 1. The van der Waals surface area contributed by atoms with E-state index in [2.05, 4.69) is 86.8 Å². The number of allylic oxidation sites excluding steroid dienone is 11. The van der Waals surface area contributed by atoms with E-state index in [1.165, 1.54) is 225 Å². The average molecular weight is 1180 g/mol. The first-order valence-corrected chi connectivity index (χ1v) is 36.7. The Morgan fingerprint density at radius 2 is 0.747 bits per heavy atom. The van der Waals surface area contributed by atoms with Gasteiger partial charge in [-0.2, -0.15) is 0 Å². The number of unbranched alkanes of at least 4 members (excludes halogenated alkanes) is 38. The first-order chi connectivity index (χ1) is 40.4. The Kier molecular flexibility index (Phi) is 60.6. The normalized spacial score (nSPS) is 14.0. The van der Waals surface area contributed by atoms with Gasteiger partial charge in [-0.3, -0.25) is 14.2 Å². The fourth-order valence-corrected chi connectivity index (χ4v) is 10.9. The summed E-state index contributed by atoms with van der Waals surface area (Å²) >= 11 is 0. The van der Waals surface area contributed by atoms with Gasteiger partial charge in [0.2, 0.25) is 5.91 Å². The molecule has 0 spiro atoms. The van der Waals surface area contributed by atoms with Crippen molar-refractivity contribution in [1.82, 2.24) is 5.32 Å². The predicted molar refractivity (Wildman–Crippen MR) is 358 cm³/mol. The molecule has 0 aliphatic heterocycles. The van der Waals surface area contributed by atoms with Gasteiger partial charge in [0.15, 0.2) is 0 Å². The second-order valence-electron chi connectivity index (χ2n) is 25.0. The first-order valence-electron chi connectivity index (χ1n) is 35.2. The largest absolute Gasteiger partial charge is 0.756 e. The van der Waals surface area contributed by atoms with Crippen LogP contribution < -0.4 is 10.2 Å². The number of ether oxygens (including phenoxy) is 1. The van der Waals surface area contributed by atoms with Gasteiger partial charge >= 0.3 is 5.97 Å². The van der Waals surface area contributed by atoms with Crippen LogP contribution in [0.4, 0.5) is 0 Å². The van der Waals surface area contributed by atoms with E-state index in [1.54, 1.807) is 0 Å². The molecule has 1 N–H and O–H groups in total. The topological polar surface area (TPSA) is 114 Å². The smallest absolute Gasteiger partial charge is 0.306 e. The minimum absolute atomic E-state index is 0.0313. The minimum atomic E-state index is -4.72. The second kappa shape index (κ2) is 62.5. The number of carbonyl (C=O) groups is 2. The van der Waals surface area contributed by atoms with E-state index >= 15 is 0 Å². The molecule has 1 amide bonds. The van der Waals surface area contributed by atoms with Crippen molar-refractivity contribution in [2.75, 3.05) is 40.9 Å². The number of hydrogen-bond donors (Lipinski definition) is 1. The zero-order chi connectivity index (χ0) is 60.7. The predicted octanol–water partition coefficient (Wildman–Crippen LogP) is 21.7. The number of phosphoric ester groups is 1. The number of quaternary nitrogens is 1. The molecule has 3 atom stereocenters. The van der Waals surface area contributed by atoms with Crippen molar-refractivity contribution >= 4 is 19.7 Å². The quantitative estimate of drug-likeness (QED) is 0.0212. The van der Waals surface area contributed by atoms with Gasteiger partial charge in [-0.1, -0.05) is 293 Å². The molecular formula is C73H135N2O7P. The highest BCUT2D eigenvalue weighted by atomic mass is 31.2. The van der Waals surface area contributed by atoms with E-state index in [1.807, 2.05) is 33.3 Å². The van der Waals surface area contributed by atoms with Crippen molar-refractivity contribution < 1.29 is 37.3 Å². The lowest BCUT2D eigenvalue weighted by molar-refractivity contribution is -0.870. The van der Waals surface area contributed by atoms with E-state index in [0.29, 0.717) is 23.9 Å². The number of nitrogens with zero attached hydrogens (tertiary/aromatic N) is 1. The maximum absolute atomic E-state index is 13.6. The molecule has 0 saturated carbocycles. The summed E-state index contributed by atoms with van der Waals surface area (Å²) in [5.41, 5.74) is 0. The van der Waals surface area contributed by atoms with Crippen LogP contribution in [0.1, 0.15) is 329 Å². The van der Waals surface area contributed by atoms with Gasteiger partial charge in [0.1, 0.15) is 19.3 Å². The monoisotopic (exact) mass is 1180 g/mol. The number of amides is 1. The average Bonchev–Trinajstić information content (AvgIpc) is 3.47. The Balaban J connectivity index is 5.10. The van der Waals surface area contributed by atoms with Gasteiger partial charge < -0.3 is 28.5 Å². The molecule has 0 aliphatic carbocycles. The van der Waals surface area contributed by atoms with Crippen molar-refractivity contribution in [3.05, 3.63) is 72.9 Å². The highest BCUT2D eigenvalue weighted by molar-refractivity contribution is 7.45. The first kappa shape index (κ1) is 80.5. The van der Waals surface area contributed by atoms with E-state index in [4.69, 9.17) is 13.8 Å². The van der Waals surface area contributed by atoms with Crippen LogP contribution in [0, 0.1) is 0 Å². The van der Waals surface area contributed by atoms with Crippen LogP contribution in [0.15, 0.2) is 72.9 Å². The maximum Gasteiger partial charge on any atom is 0.306 e. The Labute approximate surface area is 514 Å². The molecule has 9 nitrogen and oxygen atoms in total. The van der Waals surface area contributed by atoms with E-state index in [9.17, 15) is 19.0 Å². The third-order valence-electron chi connectivity index (χ3n) is 15.6. The van der Waals surface area contributed by atoms with Crippen LogP contribution in [-0.4, -0.2) is 69.4 Å². The Morgan fingerprint density at radius 3 is 1.16 bits per heavy atom. The van der Waals surface area contributed by atoms with Gasteiger partial charge in [0.05, 0.1) is 33.8 Å². The molecular weight excluding hydrogens is 1050 g/mol. The van der Waals surface area contributed by atoms with Crippen LogP contribution in [0.2, 0.25) is 0 Å². The van der Waals surface area contributed by atoms with Crippen LogP contribution >= 0.6 is 7.82 Å². The van der Waals surface area contributed by atoms with Crippen molar-refractivity contribution in [3.63, 3.8) is 0 Å². The molecule has 0 aromatic carbocycles. The summed E-state index contributed by atoms with van der Waals surface area (Å²) in [4.78, 5) is 40.1. The molecule has 0 bridgehead atoms. The standard InChI is InChI=1S/C73H135N2O7P/c1-7-10-13-16-19-22-25-28-30-32-33-34-35-36-37-38-39-40-41-43-44-47-50-53-56-59-62-65-72(76)74-70(69-81-83(78,79)80-68-67-75(4,5)6)71(64-61-58-55-52-49-46-27-24-21-18-15-12-9-3)82-73(77)66-63-60-57-54-51-48-45-42-31-29-26-23-20-17-14-11-8-2/h20,23,28-31,45,48,54,57,61,64,70-71H,7-19,21-22,24-27,32-44,46-47,49-53,55-56,58-60,62-63,65-69H2,1-6H3,(H-,74,76,78,79)/b23-20-,30-28+,31-29-,48-45-,57-54-,64-61-. The van der Waals surface area contributed by atoms with E-state index < -0.39 is 32.5 Å². The molecule has 10 heteroatoms. The summed E-state index contributed by atoms with van der Waals surface area (Å²) in [7, 11) is 1.16. The fraction of sp³-hybridized carbons (Fsp3) is 0.808. The Hall–Kier alpha value is -2.55. The van der Waals surface area contributed by atoms with Crippen molar-refractivity contribution in [2.24, 2.45) is 0 Å².